The molecule has 2 unspecified atom stereocenters. The van der Waals surface area contributed by atoms with E-state index in [1.165, 1.54) is 0 Å². The zero-order valence-corrected chi connectivity index (χ0v) is 15.7. The Hall–Kier alpha value is -2.34. The first kappa shape index (κ1) is 19.0. The van der Waals surface area contributed by atoms with Gasteiger partial charge in [0, 0.05) is 36.3 Å². The van der Waals surface area contributed by atoms with Crippen LogP contribution in [0.2, 0.25) is 0 Å². The number of likely N-dealkylation sites (tertiary alicyclic amines) is 1. The van der Waals surface area contributed by atoms with Crippen molar-refractivity contribution in [2.75, 3.05) is 13.1 Å². The van der Waals surface area contributed by atoms with Gasteiger partial charge in [0.05, 0.1) is 18.6 Å². The van der Waals surface area contributed by atoms with Gasteiger partial charge in [0.1, 0.15) is 5.60 Å². The summed E-state index contributed by atoms with van der Waals surface area (Å²) in [5.74, 6) is -0.493. The lowest BCUT2D eigenvalue weighted by molar-refractivity contribution is 0.0181. The van der Waals surface area contributed by atoms with Crippen LogP contribution in [0.1, 0.15) is 47.5 Å². The predicted molar refractivity (Wildman–Crippen MR) is 95.5 cm³/mol. The molecule has 134 valence electrons. The van der Waals surface area contributed by atoms with Crippen molar-refractivity contribution in [2.24, 2.45) is 22.7 Å². The second-order valence-corrected chi connectivity index (χ2v) is 7.80. The number of allylic oxidation sites excluding steroid dienone is 1. The monoisotopic (exact) mass is 342 g/mol. The van der Waals surface area contributed by atoms with E-state index in [1.807, 2.05) is 34.6 Å². The topological polar surface area (TPSA) is 70.1 Å². The van der Waals surface area contributed by atoms with Crippen molar-refractivity contribution in [1.82, 2.24) is 4.90 Å². The zero-order valence-electron chi connectivity index (χ0n) is 15.7. The second-order valence-electron chi connectivity index (χ2n) is 7.80. The summed E-state index contributed by atoms with van der Waals surface area (Å²) < 4.78 is 5.47. The average molecular weight is 342 g/mol. The molecule has 2 heterocycles. The Morgan fingerprint density at radius 3 is 2.72 bits per heavy atom. The van der Waals surface area contributed by atoms with Gasteiger partial charge in [-0.25, -0.2) is 9.64 Å². The summed E-state index contributed by atoms with van der Waals surface area (Å²) in [4.78, 5) is 22.4. The Bertz CT molecular complexity index is 688. The summed E-state index contributed by atoms with van der Waals surface area (Å²) in [6.45, 7) is 18.0. The van der Waals surface area contributed by atoms with Gasteiger partial charge in [0.2, 0.25) is 0 Å². The highest BCUT2D eigenvalue weighted by molar-refractivity contribution is 5.89. The van der Waals surface area contributed by atoms with E-state index in [9.17, 15) is 10.1 Å². The van der Waals surface area contributed by atoms with E-state index in [1.54, 1.807) is 4.90 Å². The quantitative estimate of drug-likeness (QED) is 0.676. The molecule has 0 aromatic heterocycles. The summed E-state index contributed by atoms with van der Waals surface area (Å²) in [5.41, 5.74) is 1.54. The molecule has 2 aliphatic rings. The van der Waals surface area contributed by atoms with Crippen molar-refractivity contribution in [3.8, 4) is 6.07 Å². The van der Waals surface area contributed by atoms with Crippen LogP contribution < -0.4 is 0 Å². The summed E-state index contributed by atoms with van der Waals surface area (Å²) in [7, 11) is 0. The smallest absolute Gasteiger partial charge is 0.410 e. The first-order valence-corrected chi connectivity index (χ1v) is 8.72. The van der Waals surface area contributed by atoms with E-state index in [2.05, 4.69) is 15.9 Å². The van der Waals surface area contributed by atoms with Crippen LogP contribution in [-0.4, -0.2) is 35.4 Å². The van der Waals surface area contributed by atoms with Crippen LogP contribution >= 0.6 is 0 Å². The Labute approximate surface area is 150 Å². The molecule has 6 heteroatoms. The molecule has 0 aliphatic carbocycles. The van der Waals surface area contributed by atoms with Gasteiger partial charge in [0.15, 0.2) is 5.70 Å². The van der Waals surface area contributed by atoms with Crippen LogP contribution in [0.3, 0.4) is 0 Å². The number of nitriles is 1. The second kappa shape index (κ2) is 7.27. The highest BCUT2D eigenvalue weighted by atomic mass is 16.6. The molecular weight excluding hydrogens is 316 g/mol. The number of hydrogen-bond donors (Lipinski definition) is 0. The van der Waals surface area contributed by atoms with Crippen molar-refractivity contribution in [3.63, 3.8) is 0 Å². The number of nitrogens with zero attached hydrogens (tertiary/aromatic N) is 4. The van der Waals surface area contributed by atoms with Crippen LogP contribution in [0.25, 0.3) is 4.85 Å². The molecular formula is C19H26N4O2. The summed E-state index contributed by atoms with van der Waals surface area (Å²) in [5, 5.41) is 9.34. The van der Waals surface area contributed by atoms with Crippen LogP contribution in [0.4, 0.5) is 4.79 Å². The van der Waals surface area contributed by atoms with Crippen molar-refractivity contribution >= 4 is 11.8 Å². The molecule has 0 N–H and O–H groups in total. The van der Waals surface area contributed by atoms with Gasteiger partial charge in [-0.3, -0.25) is 4.99 Å². The number of amides is 1. The number of rotatable bonds is 1. The lowest BCUT2D eigenvalue weighted by Crippen LogP contribution is -2.43. The predicted octanol–water partition coefficient (Wildman–Crippen LogP) is 4.01. The minimum Gasteiger partial charge on any atom is -0.444 e. The number of ether oxygens (including phenoxy) is 1. The lowest BCUT2D eigenvalue weighted by Gasteiger charge is -2.36. The Morgan fingerprint density at radius 1 is 1.48 bits per heavy atom. The maximum Gasteiger partial charge on any atom is 0.410 e. The molecule has 0 saturated carbocycles. The van der Waals surface area contributed by atoms with E-state index in [0.29, 0.717) is 18.8 Å². The molecule has 25 heavy (non-hydrogen) atoms. The minimum atomic E-state index is -0.529. The highest BCUT2D eigenvalue weighted by Gasteiger charge is 2.36. The zero-order chi connectivity index (χ0) is 18.8. The Morgan fingerprint density at radius 2 is 2.16 bits per heavy atom. The number of piperidine rings is 1. The normalized spacial score (nSPS) is 27.2. The summed E-state index contributed by atoms with van der Waals surface area (Å²) in [6, 6.07) is 2.25. The van der Waals surface area contributed by atoms with Crippen LogP contribution in [-0.2, 0) is 4.74 Å². The van der Waals surface area contributed by atoms with Crippen LogP contribution in [0.15, 0.2) is 16.4 Å². The third-order valence-corrected chi connectivity index (χ3v) is 4.66. The first-order chi connectivity index (χ1) is 11.7. The molecule has 3 atom stereocenters. The average Bonchev–Trinajstić information content (AvgIpc) is 2.53. The van der Waals surface area contributed by atoms with Gasteiger partial charge in [-0.1, -0.05) is 6.92 Å². The van der Waals surface area contributed by atoms with Gasteiger partial charge < -0.3 is 9.64 Å². The first-order valence-electron chi connectivity index (χ1n) is 8.72. The third kappa shape index (κ3) is 4.20. The number of carbonyl (C=O) groups is 1. The highest BCUT2D eigenvalue weighted by Crippen LogP contribution is 2.37. The fourth-order valence-electron chi connectivity index (χ4n) is 3.43. The van der Waals surface area contributed by atoms with E-state index in [0.717, 1.165) is 24.3 Å². The summed E-state index contributed by atoms with van der Waals surface area (Å²) in [6.07, 6.45) is 1.42. The maximum atomic E-state index is 12.4. The van der Waals surface area contributed by atoms with Crippen molar-refractivity contribution in [2.45, 2.75) is 53.1 Å². The SMILES string of the molecule is [C-]#[N+]C1=C(C2CCCN(C(=O)OC(C)(C)C)C2)N=C(C)C(C#N)[C@H]1C. The van der Waals surface area contributed by atoms with Gasteiger partial charge in [-0.15, -0.1) is 0 Å². The molecule has 6 nitrogen and oxygen atoms in total. The molecule has 0 aromatic carbocycles. The molecule has 1 saturated heterocycles. The Balaban J connectivity index is 2.24. The standard InChI is InChI=1S/C19H26N4O2/c1-12-15(10-20)13(2)22-17(16(12)21-6)14-8-7-9-23(11-14)18(24)25-19(3,4)5/h12,14-15H,7-9,11H2,1-5H3/t12-,14?,15?/m1/s1. The van der Waals surface area contributed by atoms with Crippen molar-refractivity contribution in [1.29, 1.82) is 5.26 Å². The van der Waals surface area contributed by atoms with Crippen LogP contribution in [0, 0.1) is 35.7 Å². The molecule has 0 aromatic rings. The molecule has 2 aliphatic heterocycles. The molecule has 1 fully saturated rings. The van der Waals surface area contributed by atoms with Crippen LogP contribution in [0.5, 0.6) is 0 Å². The van der Waals surface area contributed by atoms with Crippen molar-refractivity contribution < 1.29 is 9.53 Å². The lowest BCUT2D eigenvalue weighted by atomic mass is 9.82. The number of hydrogen-bond acceptors (Lipinski definition) is 4. The summed E-state index contributed by atoms with van der Waals surface area (Å²) >= 11 is 0. The number of aliphatic imine (C=N–C) groups is 1. The molecule has 0 radical (unpaired) electrons. The van der Waals surface area contributed by atoms with Gasteiger partial charge in [0.25, 0.3) is 0 Å². The van der Waals surface area contributed by atoms with Gasteiger partial charge in [-0.2, -0.15) is 5.26 Å². The van der Waals surface area contributed by atoms with Gasteiger partial charge >= 0.3 is 6.09 Å². The third-order valence-electron chi connectivity index (χ3n) is 4.66. The van der Waals surface area contributed by atoms with E-state index in [4.69, 9.17) is 11.3 Å². The fraction of sp³-hybridized carbons (Fsp3) is 0.684. The van der Waals surface area contributed by atoms with Gasteiger partial charge in [-0.05, 0) is 40.5 Å². The van der Waals surface area contributed by atoms with E-state index in [-0.39, 0.29) is 23.8 Å². The van der Waals surface area contributed by atoms with E-state index < -0.39 is 5.60 Å². The van der Waals surface area contributed by atoms with Crippen molar-refractivity contribution in [3.05, 3.63) is 22.8 Å². The minimum absolute atomic E-state index is 0.0161. The Kier molecular flexibility index (Phi) is 5.52. The number of carbonyl (C=O) groups excluding carboxylic acids is 1. The molecule has 2 rings (SSSR count). The largest absolute Gasteiger partial charge is 0.444 e. The fourth-order valence-corrected chi connectivity index (χ4v) is 3.43. The molecule has 0 spiro atoms. The maximum absolute atomic E-state index is 12.4. The van der Waals surface area contributed by atoms with E-state index >= 15 is 0 Å². The molecule has 1 amide bonds. The molecule has 0 bridgehead atoms.